The molecule has 0 radical (unpaired) electrons. The van der Waals surface area contributed by atoms with Gasteiger partial charge in [0.2, 0.25) is 11.7 Å². The molecule has 0 aromatic heterocycles. The largest absolute Gasteiger partial charge is 0.355 e. The minimum Gasteiger partial charge on any atom is -0.355 e. The molecular formula is C16H21BN2O3. The van der Waals surface area contributed by atoms with Crippen molar-refractivity contribution in [2.45, 2.75) is 25.1 Å². The molecule has 1 aromatic carbocycles. The van der Waals surface area contributed by atoms with Gasteiger partial charge in [0, 0.05) is 13.1 Å². The summed E-state index contributed by atoms with van der Waals surface area (Å²) in [5, 5.41) is 5.25. The van der Waals surface area contributed by atoms with Gasteiger partial charge in [-0.3, -0.25) is 14.4 Å². The van der Waals surface area contributed by atoms with Crippen molar-refractivity contribution >= 4 is 25.4 Å². The number of nitrogens with one attached hydrogen (secondary N) is 2. The highest BCUT2D eigenvalue weighted by Crippen LogP contribution is 2.29. The van der Waals surface area contributed by atoms with Crippen molar-refractivity contribution in [3.8, 4) is 0 Å². The number of hydrogen-bond acceptors (Lipinski definition) is 3. The fraction of sp³-hybridized carbons (Fsp3) is 0.438. The predicted molar refractivity (Wildman–Crippen MR) is 86.3 cm³/mol. The van der Waals surface area contributed by atoms with E-state index < -0.39 is 23.5 Å². The Kier molecular flexibility index (Phi) is 4.69. The van der Waals surface area contributed by atoms with Crippen LogP contribution in [0, 0.1) is 5.92 Å². The van der Waals surface area contributed by atoms with E-state index in [9.17, 15) is 14.4 Å². The van der Waals surface area contributed by atoms with Crippen molar-refractivity contribution in [2.24, 2.45) is 5.92 Å². The molecule has 2 N–H and O–H groups in total. The number of benzene rings is 1. The van der Waals surface area contributed by atoms with Gasteiger partial charge in [-0.25, -0.2) is 0 Å². The van der Waals surface area contributed by atoms with Crippen LogP contribution in [0.3, 0.4) is 0 Å². The zero-order valence-electron chi connectivity index (χ0n) is 13.2. The molecule has 1 aliphatic heterocycles. The van der Waals surface area contributed by atoms with Crippen LogP contribution in [0.2, 0.25) is 5.31 Å². The quantitative estimate of drug-likeness (QED) is 0.595. The molecule has 0 saturated carbocycles. The maximum atomic E-state index is 12.4. The first kappa shape index (κ1) is 16.3. The molecule has 1 fully saturated rings. The van der Waals surface area contributed by atoms with E-state index in [0.29, 0.717) is 6.54 Å². The maximum Gasteiger partial charge on any atom is 0.287 e. The Labute approximate surface area is 131 Å². The van der Waals surface area contributed by atoms with Gasteiger partial charge in [-0.05, 0) is 10.9 Å². The molecule has 2 amide bonds. The average Bonchev–Trinajstić information content (AvgIpc) is 2.86. The lowest BCUT2D eigenvalue weighted by Gasteiger charge is -2.20. The van der Waals surface area contributed by atoms with Crippen LogP contribution in [0.1, 0.15) is 25.3 Å². The molecule has 0 bridgehead atoms. The van der Waals surface area contributed by atoms with Crippen LogP contribution in [-0.2, 0) is 14.4 Å². The average molecular weight is 300 g/mol. The third kappa shape index (κ3) is 3.75. The Morgan fingerprint density at radius 3 is 2.55 bits per heavy atom. The summed E-state index contributed by atoms with van der Waals surface area (Å²) in [5.74, 6) is -2.58. The van der Waals surface area contributed by atoms with E-state index in [4.69, 9.17) is 0 Å². The summed E-state index contributed by atoms with van der Waals surface area (Å²) in [4.78, 5) is 36.5. The molecule has 1 saturated heterocycles. The molecule has 0 spiro atoms. The number of carbonyl (C=O) groups is 3. The summed E-state index contributed by atoms with van der Waals surface area (Å²) in [7, 11) is 1.98. The normalized spacial score (nSPS) is 21.3. The standard InChI is InChI=1S/C16H21BN2O3/c1-16(2,17)9-19-15(22)13(20)11-8-18-14(21)12(11)10-6-4-3-5-7-10/h3-7,11-12H,8-9,17H2,1-2H3,(H,18,21)(H,19,22)/t11?,12-/m1/s1. The first-order valence-electron chi connectivity index (χ1n) is 7.44. The Morgan fingerprint density at radius 1 is 1.32 bits per heavy atom. The second-order valence-corrected chi connectivity index (χ2v) is 6.85. The second-order valence-electron chi connectivity index (χ2n) is 6.85. The molecule has 0 aliphatic carbocycles. The van der Waals surface area contributed by atoms with Gasteiger partial charge in [-0.1, -0.05) is 44.2 Å². The summed E-state index contributed by atoms with van der Waals surface area (Å²) < 4.78 is 0. The lowest BCUT2D eigenvalue weighted by Crippen LogP contribution is -2.40. The van der Waals surface area contributed by atoms with Crippen molar-refractivity contribution in [3.05, 3.63) is 35.9 Å². The van der Waals surface area contributed by atoms with E-state index in [1.54, 1.807) is 0 Å². The molecule has 5 nitrogen and oxygen atoms in total. The van der Waals surface area contributed by atoms with Crippen molar-refractivity contribution in [2.75, 3.05) is 13.1 Å². The first-order chi connectivity index (χ1) is 10.3. The summed E-state index contributed by atoms with van der Waals surface area (Å²) in [6.07, 6.45) is 0. The summed E-state index contributed by atoms with van der Waals surface area (Å²) in [6, 6.07) is 9.11. The second kappa shape index (κ2) is 6.34. The zero-order valence-corrected chi connectivity index (χ0v) is 13.2. The maximum absolute atomic E-state index is 12.4. The van der Waals surface area contributed by atoms with Crippen LogP contribution >= 0.6 is 0 Å². The number of hydrogen-bond donors (Lipinski definition) is 2. The van der Waals surface area contributed by atoms with Gasteiger partial charge in [0.15, 0.2) is 0 Å². The molecule has 22 heavy (non-hydrogen) atoms. The molecular weight excluding hydrogens is 279 g/mol. The van der Waals surface area contributed by atoms with Gasteiger partial charge in [-0.15, -0.1) is 0 Å². The highest BCUT2D eigenvalue weighted by atomic mass is 16.2. The van der Waals surface area contributed by atoms with Gasteiger partial charge in [0.25, 0.3) is 5.91 Å². The Hall–Kier alpha value is -2.11. The number of carbonyl (C=O) groups excluding carboxylic acids is 3. The lowest BCUT2D eigenvalue weighted by molar-refractivity contribution is -0.140. The topological polar surface area (TPSA) is 75.3 Å². The number of rotatable bonds is 5. The van der Waals surface area contributed by atoms with Gasteiger partial charge in [0.1, 0.15) is 7.85 Å². The molecule has 1 aromatic rings. The monoisotopic (exact) mass is 300 g/mol. The first-order valence-corrected chi connectivity index (χ1v) is 7.44. The van der Waals surface area contributed by atoms with E-state index in [1.165, 1.54) is 0 Å². The van der Waals surface area contributed by atoms with Crippen LogP contribution in [0.4, 0.5) is 0 Å². The number of amides is 2. The molecule has 1 heterocycles. The van der Waals surface area contributed by atoms with Crippen LogP contribution < -0.4 is 10.6 Å². The number of Topliss-reactive ketones (excluding diaryl/α,β-unsaturated/α-hetero) is 1. The SMILES string of the molecule is BC(C)(C)CNC(=O)C(=O)C1CNC(=O)[C@@H]1c1ccccc1. The van der Waals surface area contributed by atoms with Crippen LogP contribution in [0.5, 0.6) is 0 Å². The van der Waals surface area contributed by atoms with Gasteiger partial charge in [0.05, 0.1) is 11.8 Å². The fourth-order valence-electron chi connectivity index (χ4n) is 2.51. The van der Waals surface area contributed by atoms with E-state index in [2.05, 4.69) is 10.6 Å². The Balaban J connectivity index is 2.11. The summed E-state index contributed by atoms with van der Waals surface area (Å²) >= 11 is 0. The van der Waals surface area contributed by atoms with Crippen LogP contribution in [0.15, 0.2) is 30.3 Å². The highest BCUT2D eigenvalue weighted by molar-refractivity contribution is 6.38. The minimum atomic E-state index is -0.644. The summed E-state index contributed by atoms with van der Waals surface area (Å²) in [6.45, 7) is 4.58. The van der Waals surface area contributed by atoms with E-state index >= 15 is 0 Å². The van der Waals surface area contributed by atoms with E-state index in [1.807, 2.05) is 52.0 Å². The van der Waals surface area contributed by atoms with Gasteiger partial charge in [-0.2, -0.15) is 0 Å². The predicted octanol–water partition coefficient (Wildman–Crippen LogP) is 0.0331. The smallest absolute Gasteiger partial charge is 0.287 e. The van der Waals surface area contributed by atoms with Gasteiger partial charge < -0.3 is 10.6 Å². The molecule has 1 aliphatic rings. The fourth-order valence-corrected chi connectivity index (χ4v) is 2.51. The zero-order chi connectivity index (χ0) is 16.3. The van der Waals surface area contributed by atoms with E-state index in [-0.39, 0.29) is 17.8 Å². The van der Waals surface area contributed by atoms with Crippen molar-refractivity contribution < 1.29 is 14.4 Å². The number of ketones is 1. The lowest BCUT2D eigenvalue weighted by atomic mass is 9.72. The van der Waals surface area contributed by atoms with Gasteiger partial charge >= 0.3 is 0 Å². The third-order valence-electron chi connectivity index (χ3n) is 3.68. The van der Waals surface area contributed by atoms with Crippen LogP contribution in [-0.4, -0.2) is 38.5 Å². The molecule has 2 atom stereocenters. The third-order valence-corrected chi connectivity index (χ3v) is 3.68. The Morgan fingerprint density at radius 2 is 1.95 bits per heavy atom. The van der Waals surface area contributed by atoms with Crippen LogP contribution in [0.25, 0.3) is 0 Å². The molecule has 6 heteroatoms. The summed E-state index contributed by atoms with van der Waals surface area (Å²) in [5.41, 5.74) is 0.763. The minimum absolute atomic E-state index is 0.0987. The van der Waals surface area contributed by atoms with Crippen molar-refractivity contribution in [3.63, 3.8) is 0 Å². The van der Waals surface area contributed by atoms with Crippen molar-refractivity contribution in [1.82, 2.24) is 10.6 Å². The highest BCUT2D eigenvalue weighted by Gasteiger charge is 2.42. The molecule has 1 unspecified atom stereocenters. The molecule has 116 valence electrons. The van der Waals surface area contributed by atoms with Crippen molar-refractivity contribution in [1.29, 1.82) is 0 Å². The Bertz CT molecular complexity index is 581. The van der Waals surface area contributed by atoms with E-state index in [0.717, 1.165) is 5.56 Å². The molecule has 2 rings (SSSR count).